The summed E-state index contributed by atoms with van der Waals surface area (Å²) >= 11 is 7.46. The number of ether oxygens (including phenoxy) is 1. The number of hydrogen-bond acceptors (Lipinski definition) is 8. The number of hydrogen-bond donors (Lipinski definition) is 2. The second-order valence-corrected chi connectivity index (χ2v) is 12.4. The number of nitrogens with zero attached hydrogens (tertiary/aromatic N) is 4. The number of amidine groups is 1. The number of primary amides is 1. The molecule has 13 heteroatoms. The highest BCUT2D eigenvalue weighted by Gasteiger charge is 2.45. The molecule has 2 atom stereocenters. The van der Waals surface area contributed by atoms with Crippen LogP contribution in [0.15, 0.2) is 59.0 Å². The molecule has 0 aliphatic carbocycles. The van der Waals surface area contributed by atoms with Crippen LogP contribution in [0, 0.1) is 0 Å². The Labute approximate surface area is 257 Å². The van der Waals surface area contributed by atoms with Crippen LogP contribution in [-0.2, 0) is 9.59 Å². The minimum atomic E-state index is -0.743. The Bertz CT molecular complexity index is 1590. The zero-order chi connectivity index (χ0) is 30.9. The number of urea groups is 1. The van der Waals surface area contributed by atoms with Gasteiger partial charge in [0.25, 0.3) is 0 Å². The maximum absolute atomic E-state index is 14.4. The maximum atomic E-state index is 14.4. The van der Waals surface area contributed by atoms with Gasteiger partial charge in [-0.2, -0.15) is 0 Å². The van der Waals surface area contributed by atoms with E-state index in [1.54, 1.807) is 41.4 Å². The van der Waals surface area contributed by atoms with Crippen molar-refractivity contribution in [3.05, 3.63) is 81.3 Å². The van der Waals surface area contributed by atoms with E-state index in [1.165, 1.54) is 16.4 Å². The molecular formula is C30H31ClN6O5S. The zero-order valence-electron chi connectivity index (χ0n) is 23.9. The van der Waals surface area contributed by atoms with Gasteiger partial charge in [0.05, 0.1) is 18.0 Å². The fourth-order valence-corrected chi connectivity index (χ4v) is 5.75. The standard InChI is InChI=1S/C30H31ClN6O5S/c1-30(2,3)42-23-12-18(22(38)13-24(32)39)6-9-21(23)28-35-26(17-4-7-20(31)8-5-17)27(19-14-34-43-16-19)37(28)29(41)36-11-10-33-25(40)15-36/h4-9,12,14,16,26-27H,10-11,13,15H2,1-3H3,(H2,32,39)(H,33,40). The van der Waals surface area contributed by atoms with E-state index in [2.05, 4.69) is 9.69 Å². The number of rotatable bonds is 7. The first-order chi connectivity index (χ1) is 20.4. The third-order valence-corrected chi connectivity index (χ3v) is 7.74. The van der Waals surface area contributed by atoms with Gasteiger partial charge in [-0.25, -0.2) is 9.17 Å². The molecule has 0 saturated carbocycles. The molecular weight excluding hydrogens is 592 g/mol. The number of carbonyl (C=O) groups excluding carboxylic acids is 4. The molecule has 0 bridgehead atoms. The van der Waals surface area contributed by atoms with Gasteiger partial charge in [-0.3, -0.25) is 24.3 Å². The molecule has 2 aromatic carbocycles. The summed E-state index contributed by atoms with van der Waals surface area (Å²) in [5.74, 6) is -0.850. The second kappa shape index (κ2) is 12.1. The molecule has 2 aliphatic heterocycles. The number of ketones is 1. The number of carbonyl (C=O) groups is 4. The first-order valence-electron chi connectivity index (χ1n) is 13.6. The van der Waals surface area contributed by atoms with E-state index >= 15 is 0 Å². The lowest BCUT2D eigenvalue weighted by Crippen LogP contribution is -2.55. The van der Waals surface area contributed by atoms with Crippen molar-refractivity contribution in [2.75, 3.05) is 19.6 Å². The number of Topliss-reactive ketones (excluding diaryl/α,β-unsaturated/α-hetero) is 1. The average Bonchev–Trinajstić information content (AvgIpc) is 3.60. The van der Waals surface area contributed by atoms with Crippen molar-refractivity contribution in [2.45, 2.75) is 44.9 Å². The molecule has 5 rings (SSSR count). The maximum Gasteiger partial charge on any atom is 0.326 e. The van der Waals surface area contributed by atoms with Crippen LogP contribution in [0.1, 0.15) is 66.3 Å². The molecule has 0 spiro atoms. The lowest BCUT2D eigenvalue weighted by Gasteiger charge is -2.35. The van der Waals surface area contributed by atoms with Crippen molar-refractivity contribution >= 4 is 52.6 Å². The van der Waals surface area contributed by atoms with Gasteiger partial charge in [-0.05, 0) is 62.1 Å². The van der Waals surface area contributed by atoms with Crippen LogP contribution in [0.5, 0.6) is 5.75 Å². The van der Waals surface area contributed by atoms with Gasteiger partial charge in [0.1, 0.15) is 29.8 Å². The lowest BCUT2D eigenvalue weighted by atomic mass is 9.96. The second-order valence-electron chi connectivity index (χ2n) is 11.3. The number of aliphatic imine (C=N–C) groups is 1. The Morgan fingerprint density at radius 3 is 2.51 bits per heavy atom. The molecule has 2 unspecified atom stereocenters. The molecule has 3 aromatic rings. The van der Waals surface area contributed by atoms with Crippen molar-refractivity contribution < 1.29 is 23.9 Å². The van der Waals surface area contributed by atoms with E-state index in [-0.39, 0.29) is 18.0 Å². The summed E-state index contributed by atoms with van der Waals surface area (Å²) in [7, 11) is 0. The minimum Gasteiger partial charge on any atom is -0.487 e. The quantitative estimate of drug-likeness (QED) is 0.299. The van der Waals surface area contributed by atoms with Crippen molar-refractivity contribution in [1.82, 2.24) is 19.5 Å². The van der Waals surface area contributed by atoms with Crippen LogP contribution in [0.25, 0.3) is 0 Å². The zero-order valence-corrected chi connectivity index (χ0v) is 25.4. The van der Waals surface area contributed by atoms with Crippen molar-refractivity contribution in [3.8, 4) is 5.75 Å². The predicted molar refractivity (Wildman–Crippen MR) is 162 cm³/mol. The smallest absolute Gasteiger partial charge is 0.326 e. The molecule has 3 heterocycles. The molecule has 224 valence electrons. The largest absolute Gasteiger partial charge is 0.487 e. The Morgan fingerprint density at radius 1 is 1.14 bits per heavy atom. The Balaban J connectivity index is 1.69. The summed E-state index contributed by atoms with van der Waals surface area (Å²) in [5.41, 5.74) is 6.87. The molecule has 1 saturated heterocycles. The summed E-state index contributed by atoms with van der Waals surface area (Å²) < 4.78 is 10.6. The minimum absolute atomic E-state index is 0.102. The fourth-order valence-electron chi connectivity index (χ4n) is 5.06. The van der Waals surface area contributed by atoms with Crippen LogP contribution in [-0.4, -0.2) is 68.9 Å². The van der Waals surface area contributed by atoms with Gasteiger partial charge in [0.2, 0.25) is 11.8 Å². The Morgan fingerprint density at radius 2 is 1.88 bits per heavy atom. The van der Waals surface area contributed by atoms with E-state index in [0.29, 0.717) is 35.3 Å². The highest BCUT2D eigenvalue weighted by Crippen LogP contribution is 2.45. The molecule has 1 aromatic heterocycles. The number of amides is 4. The third kappa shape index (κ3) is 6.70. The summed E-state index contributed by atoms with van der Waals surface area (Å²) in [4.78, 5) is 59.1. The molecule has 43 heavy (non-hydrogen) atoms. The number of piperazine rings is 1. The summed E-state index contributed by atoms with van der Waals surface area (Å²) in [6.07, 6.45) is 1.25. The highest BCUT2D eigenvalue weighted by molar-refractivity contribution is 7.03. The summed E-state index contributed by atoms with van der Waals surface area (Å²) in [5, 5.41) is 5.18. The van der Waals surface area contributed by atoms with Crippen molar-refractivity contribution in [1.29, 1.82) is 0 Å². The van der Waals surface area contributed by atoms with Crippen LogP contribution >= 0.6 is 23.1 Å². The molecule has 2 aliphatic rings. The van der Waals surface area contributed by atoms with E-state index in [0.717, 1.165) is 11.1 Å². The van der Waals surface area contributed by atoms with Crippen LogP contribution in [0.2, 0.25) is 5.02 Å². The van der Waals surface area contributed by atoms with Gasteiger partial charge in [0.15, 0.2) is 5.78 Å². The molecule has 3 N–H and O–H groups in total. The normalized spacial score (nSPS) is 18.7. The summed E-state index contributed by atoms with van der Waals surface area (Å²) in [6, 6.07) is 10.5. The van der Waals surface area contributed by atoms with Crippen LogP contribution < -0.4 is 15.8 Å². The van der Waals surface area contributed by atoms with E-state index < -0.39 is 41.8 Å². The molecule has 1 fully saturated rings. The van der Waals surface area contributed by atoms with E-state index in [9.17, 15) is 19.2 Å². The molecule has 4 amide bonds. The average molecular weight is 623 g/mol. The van der Waals surface area contributed by atoms with E-state index in [4.69, 9.17) is 27.1 Å². The number of benzene rings is 2. The van der Waals surface area contributed by atoms with Crippen LogP contribution in [0.3, 0.4) is 0 Å². The first-order valence-corrected chi connectivity index (χ1v) is 14.8. The van der Waals surface area contributed by atoms with Gasteiger partial charge in [-0.15, -0.1) is 0 Å². The SMILES string of the molecule is CC(C)(C)Oc1cc(C(=O)CC(N)=O)ccc1C1=NC(c2ccc(Cl)cc2)C(c2cnsc2)N1C(=O)N1CCNC(=O)C1. The Hall–Kier alpha value is -4.29. The molecule has 0 radical (unpaired) electrons. The third-order valence-electron chi connectivity index (χ3n) is 6.88. The van der Waals surface area contributed by atoms with Crippen molar-refractivity contribution in [2.24, 2.45) is 10.7 Å². The van der Waals surface area contributed by atoms with Crippen LogP contribution in [0.4, 0.5) is 4.79 Å². The predicted octanol–water partition coefficient (Wildman–Crippen LogP) is 4.13. The molecule has 11 nitrogen and oxygen atoms in total. The van der Waals surface area contributed by atoms with E-state index in [1.807, 2.05) is 38.3 Å². The number of nitrogens with two attached hydrogens (primary N) is 1. The number of aromatic nitrogens is 1. The monoisotopic (exact) mass is 622 g/mol. The first kappa shape index (κ1) is 30.2. The highest BCUT2D eigenvalue weighted by atomic mass is 35.5. The summed E-state index contributed by atoms with van der Waals surface area (Å²) in [6.45, 7) is 6.12. The number of halogens is 1. The fraction of sp³-hybridized carbons (Fsp3) is 0.333. The number of nitrogens with one attached hydrogen (secondary N) is 1. The van der Waals surface area contributed by atoms with Gasteiger partial charge >= 0.3 is 6.03 Å². The van der Waals surface area contributed by atoms with Gasteiger partial charge in [-0.1, -0.05) is 29.8 Å². The van der Waals surface area contributed by atoms with Crippen molar-refractivity contribution in [3.63, 3.8) is 0 Å². The topological polar surface area (TPSA) is 147 Å². The lowest BCUT2D eigenvalue weighted by molar-refractivity contribution is -0.123. The van der Waals surface area contributed by atoms with Gasteiger partial charge < -0.3 is 20.7 Å². The van der Waals surface area contributed by atoms with Gasteiger partial charge in [0, 0.05) is 40.8 Å². The Kier molecular flexibility index (Phi) is 8.52.